The Balaban J connectivity index is 1.92. The lowest BCUT2D eigenvalue weighted by Gasteiger charge is -2.08. The van der Waals surface area contributed by atoms with Crippen molar-refractivity contribution in [3.8, 4) is 17.6 Å². The van der Waals surface area contributed by atoms with E-state index in [0.717, 1.165) is 0 Å². The van der Waals surface area contributed by atoms with Gasteiger partial charge in [-0.2, -0.15) is 0 Å². The molecule has 18 heavy (non-hydrogen) atoms. The normalized spacial score (nSPS) is 13.9. The molecule has 0 saturated heterocycles. The maximum absolute atomic E-state index is 13.1. The van der Waals surface area contributed by atoms with E-state index in [1.807, 2.05) is 0 Å². The predicted molar refractivity (Wildman–Crippen MR) is 66.5 cm³/mol. The third-order valence-electron chi connectivity index (χ3n) is 2.62. The smallest absolute Gasteiger partial charge is 0.189 e. The van der Waals surface area contributed by atoms with Crippen LogP contribution in [0.3, 0.4) is 0 Å². The van der Waals surface area contributed by atoms with Crippen LogP contribution in [-0.2, 0) is 4.74 Å². The van der Waals surface area contributed by atoms with E-state index in [-0.39, 0.29) is 19.2 Å². The van der Waals surface area contributed by atoms with Crippen molar-refractivity contribution in [2.24, 2.45) is 11.7 Å². The number of benzene rings is 1. The van der Waals surface area contributed by atoms with Crippen LogP contribution in [0.2, 0.25) is 0 Å². The van der Waals surface area contributed by atoms with Crippen LogP contribution in [-0.4, -0.2) is 19.9 Å². The summed E-state index contributed by atoms with van der Waals surface area (Å²) in [5.41, 5.74) is 5.93. The number of hydrogen-bond acceptors (Lipinski definition) is 3. The van der Waals surface area contributed by atoms with E-state index in [4.69, 9.17) is 15.2 Å². The van der Waals surface area contributed by atoms with E-state index in [1.165, 1.54) is 25.0 Å². The first kappa shape index (κ1) is 12.9. The van der Waals surface area contributed by atoms with Gasteiger partial charge in [0.25, 0.3) is 0 Å². The number of nitrogens with two attached hydrogens (primary N) is 1. The Morgan fingerprint density at radius 2 is 2.22 bits per heavy atom. The zero-order valence-corrected chi connectivity index (χ0v) is 10.1. The highest BCUT2D eigenvalue weighted by Crippen LogP contribution is 2.28. The molecule has 0 atom stereocenters. The van der Waals surface area contributed by atoms with Gasteiger partial charge in [0.05, 0.1) is 18.7 Å². The largest absolute Gasteiger partial charge is 0.466 e. The highest BCUT2D eigenvalue weighted by Gasteiger charge is 2.21. The molecular formula is C14H16FNO2. The van der Waals surface area contributed by atoms with E-state index in [9.17, 15) is 4.39 Å². The molecule has 4 heteroatoms. The van der Waals surface area contributed by atoms with Crippen LogP contribution in [0.5, 0.6) is 5.75 Å². The quantitative estimate of drug-likeness (QED) is 0.492. The lowest BCUT2D eigenvalue weighted by Crippen LogP contribution is -2.06. The van der Waals surface area contributed by atoms with Crippen LogP contribution in [0.4, 0.5) is 4.39 Å². The van der Waals surface area contributed by atoms with Gasteiger partial charge < -0.3 is 15.2 Å². The lowest BCUT2D eigenvalue weighted by atomic mass is 10.2. The molecule has 3 nitrogen and oxygen atoms in total. The van der Waals surface area contributed by atoms with Crippen molar-refractivity contribution in [1.29, 1.82) is 0 Å². The molecule has 1 fully saturated rings. The first-order valence-corrected chi connectivity index (χ1v) is 5.98. The van der Waals surface area contributed by atoms with Crippen LogP contribution >= 0.6 is 0 Å². The molecule has 1 aromatic rings. The molecule has 0 aliphatic heterocycles. The summed E-state index contributed by atoms with van der Waals surface area (Å²) < 4.78 is 23.9. The SMILES string of the molecule is NCC#Cc1ccc(F)cc1OCOCC1CC1. The van der Waals surface area contributed by atoms with Gasteiger partial charge in [-0.3, -0.25) is 0 Å². The molecular weight excluding hydrogens is 233 g/mol. The zero-order valence-electron chi connectivity index (χ0n) is 10.1. The number of rotatable bonds is 5. The van der Waals surface area contributed by atoms with Crippen molar-refractivity contribution in [3.63, 3.8) is 0 Å². The van der Waals surface area contributed by atoms with Crippen molar-refractivity contribution in [1.82, 2.24) is 0 Å². The van der Waals surface area contributed by atoms with Gasteiger partial charge in [0, 0.05) is 6.07 Å². The lowest BCUT2D eigenvalue weighted by molar-refractivity contribution is 0.00968. The summed E-state index contributed by atoms with van der Waals surface area (Å²) in [6.45, 7) is 1.09. The van der Waals surface area contributed by atoms with Crippen molar-refractivity contribution in [2.45, 2.75) is 12.8 Å². The summed E-state index contributed by atoms with van der Waals surface area (Å²) in [4.78, 5) is 0. The fourth-order valence-corrected chi connectivity index (χ4v) is 1.47. The summed E-state index contributed by atoms with van der Waals surface area (Å²) in [5, 5.41) is 0. The van der Waals surface area contributed by atoms with E-state index in [1.54, 1.807) is 6.07 Å². The molecule has 0 amide bonds. The van der Waals surface area contributed by atoms with Crippen LogP contribution in [0.25, 0.3) is 0 Å². The Bertz CT molecular complexity index is 461. The molecule has 1 aliphatic rings. The van der Waals surface area contributed by atoms with Crippen LogP contribution in [0, 0.1) is 23.6 Å². The summed E-state index contributed by atoms with van der Waals surface area (Å²) >= 11 is 0. The molecule has 96 valence electrons. The Kier molecular flexibility index (Phi) is 4.57. The van der Waals surface area contributed by atoms with Gasteiger partial charge in [0.15, 0.2) is 6.79 Å². The molecule has 1 aliphatic carbocycles. The summed E-state index contributed by atoms with van der Waals surface area (Å²) in [7, 11) is 0. The van der Waals surface area contributed by atoms with Gasteiger partial charge in [-0.25, -0.2) is 4.39 Å². The van der Waals surface area contributed by atoms with E-state index in [0.29, 0.717) is 23.8 Å². The van der Waals surface area contributed by atoms with Crippen LogP contribution < -0.4 is 10.5 Å². The molecule has 2 N–H and O–H groups in total. The van der Waals surface area contributed by atoms with Crippen molar-refractivity contribution in [2.75, 3.05) is 19.9 Å². The van der Waals surface area contributed by atoms with Crippen molar-refractivity contribution >= 4 is 0 Å². The maximum atomic E-state index is 13.1. The molecule has 0 radical (unpaired) electrons. The van der Waals surface area contributed by atoms with Crippen LogP contribution in [0.15, 0.2) is 18.2 Å². The topological polar surface area (TPSA) is 44.5 Å². The third kappa shape index (κ3) is 4.02. The van der Waals surface area contributed by atoms with E-state index in [2.05, 4.69) is 11.8 Å². The molecule has 1 saturated carbocycles. The number of halogens is 1. The Hall–Kier alpha value is -1.57. The Morgan fingerprint density at radius 1 is 1.39 bits per heavy atom. The van der Waals surface area contributed by atoms with Crippen LogP contribution in [0.1, 0.15) is 18.4 Å². The van der Waals surface area contributed by atoms with E-state index < -0.39 is 0 Å². The van der Waals surface area contributed by atoms with Gasteiger partial charge in [0.1, 0.15) is 11.6 Å². The van der Waals surface area contributed by atoms with Gasteiger partial charge in [-0.15, -0.1) is 0 Å². The molecule has 0 aromatic heterocycles. The van der Waals surface area contributed by atoms with Crippen molar-refractivity contribution in [3.05, 3.63) is 29.6 Å². The maximum Gasteiger partial charge on any atom is 0.189 e. The van der Waals surface area contributed by atoms with Gasteiger partial charge >= 0.3 is 0 Å². The fraction of sp³-hybridized carbons (Fsp3) is 0.429. The minimum absolute atomic E-state index is 0.122. The highest BCUT2D eigenvalue weighted by molar-refractivity contribution is 5.46. The predicted octanol–water partition coefficient (Wildman–Crippen LogP) is 1.90. The Morgan fingerprint density at radius 3 is 2.94 bits per heavy atom. The molecule has 0 spiro atoms. The standard InChI is InChI=1S/C14H16FNO2/c15-13-6-5-12(2-1-7-16)14(8-13)18-10-17-9-11-3-4-11/h5-6,8,11H,3-4,7,9-10,16H2. The first-order chi connectivity index (χ1) is 8.79. The molecule has 0 heterocycles. The second kappa shape index (κ2) is 6.39. The zero-order chi connectivity index (χ0) is 12.8. The van der Waals surface area contributed by atoms with Gasteiger partial charge in [-0.05, 0) is 30.9 Å². The summed E-state index contributed by atoms with van der Waals surface area (Å²) in [6, 6.07) is 4.23. The summed E-state index contributed by atoms with van der Waals surface area (Å²) in [6.07, 6.45) is 2.46. The Labute approximate surface area is 106 Å². The summed E-state index contributed by atoms with van der Waals surface area (Å²) in [5.74, 6) is 6.27. The second-order valence-electron chi connectivity index (χ2n) is 4.22. The monoisotopic (exact) mass is 249 g/mol. The van der Waals surface area contributed by atoms with Crippen molar-refractivity contribution < 1.29 is 13.9 Å². The number of ether oxygens (including phenoxy) is 2. The van der Waals surface area contributed by atoms with Gasteiger partial charge in [-0.1, -0.05) is 11.8 Å². The third-order valence-corrected chi connectivity index (χ3v) is 2.62. The molecule has 1 aromatic carbocycles. The number of hydrogen-bond donors (Lipinski definition) is 1. The molecule has 2 rings (SSSR count). The highest BCUT2D eigenvalue weighted by atomic mass is 19.1. The first-order valence-electron chi connectivity index (χ1n) is 5.98. The average molecular weight is 249 g/mol. The average Bonchev–Trinajstić information content (AvgIpc) is 3.17. The molecule has 0 bridgehead atoms. The van der Waals surface area contributed by atoms with E-state index >= 15 is 0 Å². The molecule has 0 unspecified atom stereocenters. The second-order valence-corrected chi connectivity index (χ2v) is 4.22. The van der Waals surface area contributed by atoms with Gasteiger partial charge in [0.2, 0.25) is 0 Å². The fourth-order valence-electron chi connectivity index (χ4n) is 1.47. The minimum atomic E-state index is -0.356. The minimum Gasteiger partial charge on any atom is -0.466 e.